The Morgan fingerprint density at radius 1 is 1.70 bits per heavy atom. The van der Waals surface area contributed by atoms with Crippen LogP contribution in [0, 0.1) is 5.92 Å². The molecule has 0 aliphatic carbocycles. The van der Waals surface area contributed by atoms with Crippen LogP contribution in [-0.4, -0.2) is 25.7 Å². The van der Waals surface area contributed by atoms with Crippen molar-refractivity contribution in [3.63, 3.8) is 0 Å². The molecule has 0 aromatic carbocycles. The van der Waals surface area contributed by atoms with E-state index in [2.05, 4.69) is 5.32 Å². The second-order valence-corrected chi connectivity index (χ2v) is 2.68. The Morgan fingerprint density at radius 3 is 2.80 bits per heavy atom. The maximum absolute atomic E-state index is 10.4. The molecule has 0 spiro atoms. The van der Waals surface area contributed by atoms with Gasteiger partial charge in [-0.3, -0.25) is 4.79 Å². The molecule has 0 aromatic rings. The average Bonchev–Trinajstić information content (AvgIpc) is 1.75. The molecule has 0 atom stereocenters. The van der Waals surface area contributed by atoms with E-state index in [4.69, 9.17) is 4.74 Å². The Labute approximate surface area is 60.7 Å². The van der Waals surface area contributed by atoms with Gasteiger partial charge in [0, 0.05) is 19.4 Å². The number of carbonyl (C=O) groups is 1. The quantitative estimate of drug-likeness (QED) is 0.611. The Kier molecular flexibility index (Phi) is 2.68. The molecular weight excluding hydrogens is 130 g/mol. The molecule has 3 heteroatoms. The largest absolute Gasteiger partial charge is 0.381 e. The minimum Gasteiger partial charge on any atom is -0.381 e. The second kappa shape index (κ2) is 3.56. The molecular formula is C7H13NO2. The molecule has 1 aliphatic heterocycles. The van der Waals surface area contributed by atoms with Crippen molar-refractivity contribution in [2.45, 2.75) is 13.3 Å². The summed E-state index contributed by atoms with van der Waals surface area (Å²) in [6.45, 7) is 4.08. The first-order valence-corrected chi connectivity index (χ1v) is 3.61. The van der Waals surface area contributed by atoms with Gasteiger partial charge in [0.25, 0.3) is 0 Å². The van der Waals surface area contributed by atoms with Gasteiger partial charge in [-0.15, -0.1) is 0 Å². The normalized spacial score (nSPS) is 18.1. The molecule has 1 heterocycles. The Balaban J connectivity index is 1.89. The van der Waals surface area contributed by atoms with Crippen molar-refractivity contribution in [3.8, 4) is 0 Å². The Hall–Kier alpha value is -0.570. The van der Waals surface area contributed by atoms with Gasteiger partial charge < -0.3 is 10.1 Å². The first kappa shape index (κ1) is 7.54. The highest BCUT2D eigenvalue weighted by atomic mass is 16.5. The summed E-state index contributed by atoms with van der Waals surface area (Å²) in [5, 5.41) is 2.75. The second-order valence-electron chi connectivity index (χ2n) is 2.68. The van der Waals surface area contributed by atoms with E-state index in [-0.39, 0.29) is 5.91 Å². The van der Waals surface area contributed by atoms with Crippen LogP contribution in [0.2, 0.25) is 0 Å². The Bertz CT molecular complexity index is 121. The molecule has 1 amide bonds. The molecule has 0 saturated carbocycles. The van der Waals surface area contributed by atoms with Crippen molar-refractivity contribution in [3.05, 3.63) is 0 Å². The van der Waals surface area contributed by atoms with E-state index in [9.17, 15) is 4.79 Å². The monoisotopic (exact) mass is 143 g/mol. The lowest BCUT2D eigenvalue weighted by atomic mass is 10.0. The van der Waals surface area contributed by atoms with Gasteiger partial charge in [0.15, 0.2) is 0 Å². The minimum absolute atomic E-state index is 0.0558. The predicted octanol–water partition coefficient (Wildman–Crippen LogP) is 0.159. The number of rotatable bonds is 3. The highest BCUT2D eigenvalue weighted by Crippen LogP contribution is 2.12. The van der Waals surface area contributed by atoms with Crippen LogP contribution >= 0.6 is 0 Å². The number of nitrogens with one attached hydrogen (secondary N) is 1. The molecule has 0 unspecified atom stereocenters. The summed E-state index contributed by atoms with van der Waals surface area (Å²) in [6.07, 6.45) is 1.06. The molecule has 1 saturated heterocycles. The van der Waals surface area contributed by atoms with E-state index in [1.165, 1.54) is 6.92 Å². The zero-order valence-electron chi connectivity index (χ0n) is 6.22. The number of hydrogen-bond donors (Lipinski definition) is 1. The summed E-state index contributed by atoms with van der Waals surface area (Å²) in [6, 6.07) is 0. The molecule has 0 radical (unpaired) electrons. The van der Waals surface area contributed by atoms with Gasteiger partial charge in [-0.1, -0.05) is 0 Å². The average molecular weight is 143 g/mol. The zero-order valence-corrected chi connectivity index (χ0v) is 6.22. The van der Waals surface area contributed by atoms with Crippen LogP contribution in [0.4, 0.5) is 0 Å². The lowest BCUT2D eigenvalue weighted by Crippen LogP contribution is -2.32. The first-order valence-electron chi connectivity index (χ1n) is 3.61. The van der Waals surface area contributed by atoms with Gasteiger partial charge in [0.2, 0.25) is 5.91 Å². The number of ether oxygens (including phenoxy) is 1. The SMILES string of the molecule is CC(=O)NCCC1COC1. The Morgan fingerprint density at radius 2 is 2.40 bits per heavy atom. The summed E-state index contributed by atoms with van der Waals surface area (Å²) in [7, 11) is 0. The van der Waals surface area contributed by atoms with Gasteiger partial charge in [0.05, 0.1) is 13.2 Å². The van der Waals surface area contributed by atoms with E-state index in [1.54, 1.807) is 0 Å². The fraction of sp³-hybridized carbons (Fsp3) is 0.857. The van der Waals surface area contributed by atoms with Crippen LogP contribution < -0.4 is 5.32 Å². The third-order valence-electron chi connectivity index (χ3n) is 1.63. The predicted molar refractivity (Wildman–Crippen MR) is 37.6 cm³/mol. The molecule has 10 heavy (non-hydrogen) atoms. The highest BCUT2D eigenvalue weighted by Gasteiger charge is 2.17. The summed E-state index contributed by atoms with van der Waals surface area (Å²) in [4.78, 5) is 10.4. The molecule has 58 valence electrons. The molecule has 0 aromatic heterocycles. The van der Waals surface area contributed by atoms with Crippen LogP contribution in [0.25, 0.3) is 0 Å². The lowest BCUT2D eigenvalue weighted by Gasteiger charge is -2.25. The number of carbonyl (C=O) groups excluding carboxylic acids is 1. The summed E-state index contributed by atoms with van der Waals surface area (Å²) in [5.74, 6) is 0.743. The van der Waals surface area contributed by atoms with Gasteiger partial charge in [-0.25, -0.2) is 0 Å². The van der Waals surface area contributed by atoms with E-state index < -0.39 is 0 Å². The van der Waals surface area contributed by atoms with Crippen molar-refractivity contribution >= 4 is 5.91 Å². The summed E-state index contributed by atoms with van der Waals surface area (Å²) < 4.78 is 4.98. The van der Waals surface area contributed by atoms with E-state index in [0.29, 0.717) is 5.92 Å². The van der Waals surface area contributed by atoms with Crippen LogP contribution in [0.15, 0.2) is 0 Å². The van der Waals surface area contributed by atoms with Gasteiger partial charge in [0.1, 0.15) is 0 Å². The lowest BCUT2D eigenvalue weighted by molar-refractivity contribution is -0.119. The summed E-state index contributed by atoms with van der Waals surface area (Å²) >= 11 is 0. The topological polar surface area (TPSA) is 38.3 Å². The molecule has 1 N–H and O–H groups in total. The third-order valence-corrected chi connectivity index (χ3v) is 1.63. The van der Waals surface area contributed by atoms with E-state index >= 15 is 0 Å². The van der Waals surface area contributed by atoms with Crippen molar-refractivity contribution in [1.82, 2.24) is 5.32 Å². The van der Waals surface area contributed by atoms with Gasteiger partial charge >= 0.3 is 0 Å². The highest BCUT2D eigenvalue weighted by molar-refractivity contribution is 5.72. The van der Waals surface area contributed by atoms with Crippen LogP contribution in [0.5, 0.6) is 0 Å². The van der Waals surface area contributed by atoms with E-state index in [1.807, 2.05) is 0 Å². The van der Waals surface area contributed by atoms with Crippen molar-refractivity contribution < 1.29 is 9.53 Å². The van der Waals surface area contributed by atoms with E-state index in [0.717, 1.165) is 26.2 Å². The molecule has 1 aliphatic rings. The van der Waals surface area contributed by atoms with Crippen molar-refractivity contribution in [2.24, 2.45) is 5.92 Å². The van der Waals surface area contributed by atoms with Crippen molar-refractivity contribution in [1.29, 1.82) is 0 Å². The fourth-order valence-corrected chi connectivity index (χ4v) is 0.904. The summed E-state index contributed by atoms with van der Waals surface area (Å²) in [5.41, 5.74) is 0. The fourth-order valence-electron chi connectivity index (χ4n) is 0.904. The van der Waals surface area contributed by atoms with Crippen LogP contribution in [0.1, 0.15) is 13.3 Å². The molecule has 3 nitrogen and oxygen atoms in total. The van der Waals surface area contributed by atoms with Gasteiger partial charge in [-0.05, 0) is 6.42 Å². The smallest absolute Gasteiger partial charge is 0.216 e. The van der Waals surface area contributed by atoms with Gasteiger partial charge in [-0.2, -0.15) is 0 Å². The molecule has 1 fully saturated rings. The maximum atomic E-state index is 10.4. The number of amides is 1. The van der Waals surface area contributed by atoms with Crippen LogP contribution in [-0.2, 0) is 9.53 Å². The maximum Gasteiger partial charge on any atom is 0.216 e. The third kappa shape index (κ3) is 2.35. The minimum atomic E-state index is 0.0558. The first-order chi connectivity index (χ1) is 4.79. The zero-order chi connectivity index (χ0) is 7.40. The molecule has 1 rings (SSSR count). The number of hydrogen-bond acceptors (Lipinski definition) is 2. The molecule has 0 bridgehead atoms. The standard InChI is InChI=1S/C7H13NO2/c1-6(9)8-3-2-7-4-10-5-7/h7H,2-5H2,1H3,(H,8,9). The van der Waals surface area contributed by atoms with Crippen molar-refractivity contribution in [2.75, 3.05) is 19.8 Å². The van der Waals surface area contributed by atoms with Crippen LogP contribution in [0.3, 0.4) is 0 Å².